The number of ether oxygens (including phenoxy) is 1. The Kier molecular flexibility index (Phi) is 5.35. The number of imidazole rings is 1. The van der Waals surface area contributed by atoms with Gasteiger partial charge in [0, 0.05) is 29.6 Å². The van der Waals surface area contributed by atoms with Gasteiger partial charge >= 0.3 is 0 Å². The molecule has 0 saturated carbocycles. The molecular formula is C25H22ClN3O2. The van der Waals surface area contributed by atoms with Crippen molar-refractivity contribution >= 4 is 34.2 Å². The second-order valence-electron chi connectivity index (χ2n) is 7.66. The van der Waals surface area contributed by atoms with Gasteiger partial charge in [0.1, 0.15) is 18.2 Å². The van der Waals surface area contributed by atoms with E-state index in [1.165, 1.54) is 0 Å². The standard InChI is InChI=1S/C25H22ClN3O2/c26-19-7-6-8-20(16-19)29-17-18(15-24(29)30)25-27-22-11-4-5-12-23(22)28(25)13-14-31-21-9-2-1-3-10-21/h1-12,16,18H,13-15,17H2/t18-/m0/s1. The van der Waals surface area contributed by atoms with Gasteiger partial charge in [-0.05, 0) is 42.5 Å². The predicted molar refractivity (Wildman–Crippen MR) is 123 cm³/mol. The normalized spacial score (nSPS) is 16.2. The minimum absolute atomic E-state index is 0.00982. The molecule has 3 aromatic carbocycles. The Labute approximate surface area is 185 Å². The smallest absolute Gasteiger partial charge is 0.227 e. The molecule has 5 rings (SSSR count). The Bertz CT molecular complexity index is 1220. The summed E-state index contributed by atoms with van der Waals surface area (Å²) in [5, 5.41) is 0.624. The molecule has 0 aliphatic carbocycles. The summed E-state index contributed by atoms with van der Waals surface area (Å²) in [6.07, 6.45) is 0.426. The topological polar surface area (TPSA) is 47.4 Å². The van der Waals surface area contributed by atoms with Crippen LogP contribution in [-0.2, 0) is 11.3 Å². The summed E-state index contributed by atoms with van der Waals surface area (Å²) in [5.74, 6) is 1.87. The molecule has 0 spiro atoms. The number of nitrogens with zero attached hydrogens (tertiary/aromatic N) is 3. The van der Waals surface area contributed by atoms with E-state index in [0.717, 1.165) is 28.3 Å². The van der Waals surface area contributed by atoms with E-state index in [9.17, 15) is 4.79 Å². The highest BCUT2D eigenvalue weighted by Crippen LogP contribution is 2.34. The van der Waals surface area contributed by atoms with Gasteiger partial charge in [0.05, 0.1) is 17.6 Å². The van der Waals surface area contributed by atoms with Crippen LogP contribution in [0.4, 0.5) is 5.69 Å². The van der Waals surface area contributed by atoms with Crippen LogP contribution >= 0.6 is 11.6 Å². The van der Waals surface area contributed by atoms with Gasteiger partial charge in [-0.2, -0.15) is 0 Å². The van der Waals surface area contributed by atoms with E-state index in [2.05, 4.69) is 10.6 Å². The van der Waals surface area contributed by atoms with Crippen molar-refractivity contribution in [2.75, 3.05) is 18.1 Å². The first kappa shape index (κ1) is 19.6. The van der Waals surface area contributed by atoms with Gasteiger partial charge in [-0.15, -0.1) is 0 Å². The first-order valence-electron chi connectivity index (χ1n) is 10.4. The fourth-order valence-corrected chi connectivity index (χ4v) is 4.37. The lowest BCUT2D eigenvalue weighted by Gasteiger charge is -2.18. The van der Waals surface area contributed by atoms with Gasteiger partial charge in [-0.3, -0.25) is 4.79 Å². The quantitative estimate of drug-likeness (QED) is 0.416. The third-order valence-corrected chi connectivity index (χ3v) is 5.86. The number of carbonyl (C=O) groups excluding carboxylic acids is 1. The number of amides is 1. The van der Waals surface area contributed by atoms with Gasteiger partial charge in [0.2, 0.25) is 5.91 Å². The second kappa shape index (κ2) is 8.44. The average molecular weight is 432 g/mol. The Balaban J connectivity index is 1.41. The number of carbonyl (C=O) groups is 1. The maximum Gasteiger partial charge on any atom is 0.227 e. The predicted octanol–water partition coefficient (Wildman–Crippen LogP) is 5.29. The molecule has 2 heterocycles. The van der Waals surface area contributed by atoms with Crippen LogP contribution in [0.2, 0.25) is 5.02 Å². The van der Waals surface area contributed by atoms with Crippen molar-refractivity contribution in [1.29, 1.82) is 0 Å². The Morgan fingerprint density at radius 2 is 1.81 bits per heavy atom. The number of halogens is 1. The summed E-state index contributed by atoms with van der Waals surface area (Å²) in [6, 6.07) is 25.3. The van der Waals surface area contributed by atoms with Gasteiger partial charge < -0.3 is 14.2 Å². The number of anilines is 1. The van der Waals surface area contributed by atoms with Gasteiger partial charge in [0.15, 0.2) is 0 Å². The van der Waals surface area contributed by atoms with E-state index in [1.807, 2.05) is 72.8 Å². The molecule has 1 aromatic heterocycles. The molecule has 0 bridgehead atoms. The highest BCUT2D eigenvalue weighted by molar-refractivity contribution is 6.30. The number of rotatable bonds is 6. The fourth-order valence-electron chi connectivity index (χ4n) is 4.19. The monoisotopic (exact) mass is 431 g/mol. The highest BCUT2D eigenvalue weighted by atomic mass is 35.5. The molecule has 0 radical (unpaired) electrons. The zero-order valence-electron chi connectivity index (χ0n) is 16.9. The van der Waals surface area contributed by atoms with Crippen LogP contribution < -0.4 is 9.64 Å². The molecule has 1 saturated heterocycles. The highest BCUT2D eigenvalue weighted by Gasteiger charge is 2.34. The number of para-hydroxylation sites is 3. The summed E-state index contributed by atoms with van der Waals surface area (Å²) < 4.78 is 8.12. The summed E-state index contributed by atoms with van der Waals surface area (Å²) in [4.78, 5) is 19.5. The van der Waals surface area contributed by atoms with Crippen LogP contribution in [0, 0.1) is 0 Å². The van der Waals surface area contributed by atoms with Crippen molar-refractivity contribution < 1.29 is 9.53 Å². The Hall–Kier alpha value is -3.31. The van der Waals surface area contributed by atoms with Crippen molar-refractivity contribution in [3.63, 3.8) is 0 Å². The molecule has 0 N–H and O–H groups in total. The first-order valence-corrected chi connectivity index (χ1v) is 10.8. The number of aromatic nitrogens is 2. The third-order valence-electron chi connectivity index (χ3n) is 5.62. The van der Waals surface area contributed by atoms with E-state index in [-0.39, 0.29) is 11.8 Å². The summed E-state index contributed by atoms with van der Waals surface area (Å²) in [7, 11) is 0. The lowest BCUT2D eigenvalue weighted by Crippen LogP contribution is -2.24. The molecule has 1 amide bonds. The van der Waals surface area contributed by atoms with E-state index >= 15 is 0 Å². The number of benzene rings is 3. The minimum Gasteiger partial charge on any atom is -0.492 e. The molecular weight excluding hydrogens is 410 g/mol. The fraction of sp³-hybridized carbons (Fsp3) is 0.200. The van der Waals surface area contributed by atoms with E-state index in [0.29, 0.717) is 31.1 Å². The van der Waals surface area contributed by atoms with Crippen molar-refractivity contribution in [2.24, 2.45) is 0 Å². The summed E-state index contributed by atoms with van der Waals surface area (Å²) in [5.41, 5.74) is 2.82. The molecule has 6 heteroatoms. The zero-order valence-corrected chi connectivity index (χ0v) is 17.7. The maximum absolute atomic E-state index is 12.8. The summed E-state index contributed by atoms with van der Waals surface area (Å²) >= 11 is 6.14. The second-order valence-corrected chi connectivity index (χ2v) is 8.09. The van der Waals surface area contributed by atoms with Gasteiger partial charge in [-0.1, -0.05) is 48.0 Å². The third kappa shape index (κ3) is 4.01. The van der Waals surface area contributed by atoms with Crippen molar-refractivity contribution in [1.82, 2.24) is 9.55 Å². The summed E-state index contributed by atoms with van der Waals surface area (Å²) in [6.45, 7) is 1.77. The van der Waals surface area contributed by atoms with Crippen LogP contribution in [0.1, 0.15) is 18.2 Å². The molecule has 0 unspecified atom stereocenters. The van der Waals surface area contributed by atoms with Crippen LogP contribution in [0.5, 0.6) is 5.75 Å². The van der Waals surface area contributed by atoms with Crippen molar-refractivity contribution in [2.45, 2.75) is 18.9 Å². The van der Waals surface area contributed by atoms with E-state index in [1.54, 1.807) is 4.90 Å². The van der Waals surface area contributed by atoms with Gasteiger partial charge in [-0.25, -0.2) is 4.98 Å². The molecule has 1 aliphatic rings. The maximum atomic E-state index is 12.8. The van der Waals surface area contributed by atoms with Crippen molar-refractivity contribution in [3.05, 3.63) is 89.7 Å². The lowest BCUT2D eigenvalue weighted by atomic mass is 10.1. The zero-order chi connectivity index (χ0) is 21.2. The van der Waals surface area contributed by atoms with E-state index in [4.69, 9.17) is 21.3 Å². The number of fused-ring (bicyclic) bond motifs is 1. The van der Waals surface area contributed by atoms with Crippen LogP contribution in [0.3, 0.4) is 0 Å². The molecule has 1 fully saturated rings. The molecule has 31 heavy (non-hydrogen) atoms. The molecule has 4 aromatic rings. The lowest BCUT2D eigenvalue weighted by molar-refractivity contribution is -0.117. The van der Waals surface area contributed by atoms with Crippen LogP contribution in [0.15, 0.2) is 78.9 Å². The molecule has 156 valence electrons. The minimum atomic E-state index is 0.00982. The largest absolute Gasteiger partial charge is 0.492 e. The molecule has 1 aliphatic heterocycles. The van der Waals surface area contributed by atoms with E-state index < -0.39 is 0 Å². The first-order chi connectivity index (χ1) is 15.2. The average Bonchev–Trinajstić information content (AvgIpc) is 3.35. The number of hydrogen-bond donors (Lipinski definition) is 0. The van der Waals surface area contributed by atoms with Crippen LogP contribution in [0.25, 0.3) is 11.0 Å². The Morgan fingerprint density at radius 1 is 1.00 bits per heavy atom. The Morgan fingerprint density at radius 3 is 2.65 bits per heavy atom. The molecule has 5 nitrogen and oxygen atoms in total. The molecule has 1 atom stereocenters. The SMILES string of the molecule is O=C1C[C@H](c2nc3ccccc3n2CCOc2ccccc2)CN1c1cccc(Cl)c1. The number of hydrogen-bond acceptors (Lipinski definition) is 3. The van der Waals surface area contributed by atoms with Crippen molar-refractivity contribution in [3.8, 4) is 5.75 Å². The van der Waals surface area contributed by atoms with Crippen LogP contribution in [-0.4, -0.2) is 28.6 Å². The van der Waals surface area contributed by atoms with Gasteiger partial charge in [0.25, 0.3) is 0 Å².